The van der Waals surface area contributed by atoms with Crippen LogP contribution in [0.25, 0.3) is 57.6 Å². The number of nitrogens with zero attached hydrogens (tertiary/aromatic N) is 15. The van der Waals surface area contributed by atoms with Crippen molar-refractivity contribution in [2.45, 2.75) is 24.8 Å². The summed E-state index contributed by atoms with van der Waals surface area (Å²) in [6.07, 6.45) is 16.5. The first-order valence-corrected chi connectivity index (χ1v) is 34.9. The molecule has 107 heavy (non-hydrogen) atoms. The third-order valence-electron chi connectivity index (χ3n) is 13.3. The van der Waals surface area contributed by atoms with Crippen molar-refractivity contribution < 1.29 is 54.9 Å². The summed E-state index contributed by atoms with van der Waals surface area (Å²) in [5.74, 6) is 4.39. The molecule has 10 aromatic heterocycles. The van der Waals surface area contributed by atoms with Crippen molar-refractivity contribution in [3.63, 3.8) is 0 Å². The van der Waals surface area contributed by atoms with E-state index in [9.17, 15) is 31.2 Å². The van der Waals surface area contributed by atoms with Gasteiger partial charge < -0.3 is 39.6 Å². The van der Waals surface area contributed by atoms with Gasteiger partial charge in [-0.25, -0.2) is 81.1 Å². The number of ether oxygens (including phenoxy) is 5. The zero-order chi connectivity index (χ0) is 76.6. The van der Waals surface area contributed by atoms with E-state index in [0.717, 1.165) is 6.26 Å². The molecule has 6 amide bonds. The van der Waals surface area contributed by atoms with Gasteiger partial charge in [0.15, 0.2) is 87.0 Å². The Balaban J connectivity index is 0.000000169. The predicted molar refractivity (Wildman–Crippen MR) is 399 cm³/mol. The predicted octanol–water partition coefficient (Wildman–Crippen LogP) is 9.83. The van der Waals surface area contributed by atoms with E-state index in [1.165, 1.54) is 85.7 Å². The quantitative estimate of drug-likeness (QED) is 0.0351. The SMILES string of the molecule is CNC(=O)Nc1nc(-c2ccccn2)ncc1OC.COc1cnc(-c2ccccn2)nc1NC(=O)NC(C)C.COc1cnc(-c2ccccn2)nc1NC(=O)Nc1ccccc1.COc1cnc(-c2ccccn2)nc1NS(=O)(=O)c1ccccc1.COc1cnc(-c2ccccn2)nc1NS(C)(=O)=O. The first kappa shape index (κ1) is 78.6. The van der Waals surface area contributed by atoms with Crippen LogP contribution in [0, 0.1) is 0 Å². The van der Waals surface area contributed by atoms with E-state index >= 15 is 0 Å². The van der Waals surface area contributed by atoms with Crippen molar-refractivity contribution in [1.29, 1.82) is 0 Å². The fraction of sp³-hybridized carbons (Fsp3) is 0.143. The molecule has 0 atom stereocenters. The average Bonchev–Trinajstić information content (AvgIpc) is 0.841. The lowest BCUT2D eigenvalue weighted by atomic mass is 10.3. The summed E-state index contributed by atoms with van der Waals surface area (Å²) in [7, 11) is 1.56. The van der Waals surface area contributed by atoms with Gasteiger partial charge in [-0.15, -0.1) is 0 Å². The van der Waals surface area contributed by atoms with Crippen LogP contribution in [0.5, 0.6) is 28.7 Å². The smallest absolute Gasteiger partial charge is 0.324 e. The highest BCUT2D eigenvalue weighted by Gasteiger charge is 2.21. The van der Waals surface area contributed by atoms with Gasteiger partial charge in [-0.3, -0.25) is 50.3 Å². The summed E-state index contributed by atoms with van der Waals surface area (Å²) in [5, 5.41) is 15.8. The minimum atomic E-state index is -3.79. The standard InChI is InChI=1S/C17H15N5O2.C16H14N4O3S.C14H17N5O2.C12H13N5O2.C11H12N4O3S/c1-24-14-11-19-15(13-9-5-6-10-18-13)21-16(14)22-17(23)20-12-7-3-2-4-8-12;1-23-14-11-18-15(13-9-5-6-10-17-13)19-16(14)20-24(21,22)12-7-3-2-4-8-12;1-9(2)17-14(20)19-13-11(21-3)8-16-12(18-13)10-6-4-5-7-15-10;1-13-12(18)17-11-9(19-2)7-15-10(16-11)8-5-3-4-6-14-8;1-18-9-7-13-10(8-5-3-4-6-12-8)14-11(9)15-19(2,16)17/h2-11H,1H3,(H2,19,20,21,22,23);2-11H,1H3,(H,18,19,20);4-9H,1-3H3,(H2,16,17,18,19,20);3-7H,1-2H3,(H2,13,15,16,17,18);3-7H,1-2H3,(H,13,14,15). The second-order valence-electron chi connectivity index (χ2n) is 21.3. The minimum Gasteiger partial charge on any atom is -0.491 e. The molecule has 0 spiro atoms. The van der Waals surface area contributed by atoms with Crippen molar-refractivity contribution in [2.24, 2.45) is 0 Å². The normalized spacial score (nSPS) is 10.4. The van der Waals surface area contributed by atoms with Crippen LogP contribution in [0.4, 0.5) is 49.2 Å². The summed E-state index contributed by atoms with van der Waals surface area (Å²) in [5.41, 5.74) is 3.58. The molecule has 0 aliphatic carbocycles. The van der Waals surface area contributed by atoms with Crippen molar-refractivity contribution in [1.82, 2.24) is 85.4 Å². The molecule has 35 nitrogen and oxygen atoms in total. The number of aromatic nitrogens is 15. The number of para-hydroxylation sites is 1. The molecule has 0 radical (unpaired) electrons. The summed E-state index contributed by atoms with van der Waals surface area (Å²) >= 11 is 0. The van der Waals surface area contributed by atoms with Gasteiger partial charge in [0, 0.05) is 49.8 Å². The minimum absolute atomic E-state index is 0.0214. The number of sulfonamides is 2. The van der Waals surface area contributed by atoms with Gasteiger partial charge >= 0.3 is 18.1 Å². The molecule has 0 fully saturated rings. The topological polar surface area (TPSA) is 455 Å². The van der Waals surface area contributed by atoms with Gasteiger partial charge in [0.2, 0.25) is 10.0 Å². The number of carbonyl (C=O) groups is 3. The zero-order valence-corrected chi connectivity index (χ0v) is 60.3. The summed E-state index contributed by atoms with van der Waals surface area (Å²) in [4.78, 5) is 98.1. The van der Waals surface area contributed by atoms with Crippen molar-refractivity contribution in [2.75, 3.05) is 79.6 Å². The lowest BCUT2D eigenvalue weighted by molar-refractivity contribution is 0.249. The Kier molecular flexibility index (Phi) is 28.9. The number of hydrogen-bond donors (Lipinski definition) is 8. The number of amides is 6. The Labute approximate surface area is 614 Å². The molecule has 2 aromatic carbocycles. The molecule has 0 aliphatic rings. The van der Waals surface area contributed by atoms with E-state index in [0.29, 0.717) is 86.3 Å². The van der Waals surface area contributed by atoms with E-state index in [1.54, 1.807) is 128 Å². The fourth-order valence-electron chi connectivity index (χ4n) is 8.44. The first-order chi connectivity index (χ1) is 51.7. The van der Waals surface area contributed by atoms with E-state index in [-0.39, 0.29) is 57.8 Å². The maximum atomic E-state index is 12.5. The molecule has 37 heteroatoms. The number of benzene rings is 2. The molecule has 0 saturated carbocycles. The number of hydrogen-bond acceptors (Lipinski definition) is 27. The highest BCUT2D eigenvalue weighted by molar-refractivity contribution is 7.92. The number of urea groups is 3. The average molecular weight is 1490 g/mol. The Morgan fingerprint density at radius 2 is 0.636 bits per heavy atom. The molecule has 0 saturated heterocycles. The van der Waals surface area contributed by atoms with Crippen LogP contribution in [0.2, 0.25) is 0 Å². The monoisotopic (exact) mass is 1490 g/mol. The van der Waals surface area contributed by atoms with Gasteiger partial charge in [0.25, 0.3) is 10.0 Å². The molecule has 550 valence electrons. The molecule has 0 bridgehead atoms. The Hall–Kier alpha value is -14.1. The second-order valence-corrected chi connectivity index (χ2v) is 24.8. The molecular weight excluding hydrogens is 1420 g/mol. The van der Waals surface area contributed by atoms with Gasteiger partial charge in [-0.05, 0) is 98.8 Å². The third-order valence-corrected chi connectivity index (χ3v) is 15.2. The third kappa shape index (κ3) is 24.3. The van der Waals surface area contributed by atoms with Gasteiger partial charge in [0.1, 0.15) is 28.5 Å². The van der Waals surface area contributed by atoms with Gasteiger partial charge in [0.05, 0.1) is 77.7 Å². The van der Waals surface area contributed by atoms with Crippen LogP contribution < -0.4 is 65.0 Å². The number of rotatable bonds is 20. The van der Waals surface area contributed by atoms with Crippen LogP contribution in [-0.2, 0) is 20.0 Å². The maximum Gasteiger partial charge on any atom is 0.324 e. The van der Waals surface area contributed by atoms with Crippen LogP contribution in [0.15, 0.2) is 219 Å². The number of carbonyl (C=O) groups excluding carboxylic acids is 3. The first-order valence-electron chi connectivity index (χ1n) is 31.6. The summed E-state index contributed by atoms with van der Waals surface area (Å²) in [6.45, 7) is 3.74. The van der Waals surface area contributed by atoms with Crippen LogP contribution in [0.3, 0.4) is 0 Å². The van der Waals surface area contributed by atoms with Crippen molar-refractivity contribution in [3.8, 4) is 86.3 Å². The van der Waals surface area contributed by atoms with Crippen LogP contribution in [0.1, 0.15) is 13.8 Å². The summed E-state index contributed by atoms with van der Waals surface area (Å²) < 4.78 is 77.8. The molecule has 12 rings (SSSR count). The number of anilines is 6. The van der Waals surface area contributed by atoms with E-state index in [1.807, 2.05) is 56.3 Å². The molecular formula is C70H71N23O12S2. The Morgan fingerprint density at radius 1 is 0.346 bits per heavy atom. The van der Waals surface area contributed by atoms with E-state index in [2.05, 4.69) is 116 Å². The molecule has 0 unspecified atom stereocenters. The molecule has 12 aromatic rings. The summed E-state index contributed by atoms with van der Waals surface area (Å²) in [6, 6.07) is 42.9. The fourth-order valence-corrected chi connectivity index (χ4v) is 9.97. The van der Waals surface area contributed by atoms with Gasteiger partial charge in [-0.1, -0.05) is 66.7 Å². The molecule has 10 heterocycles. The second kappa shape index (κ2) is 39.4. The zero-order valence-electron chi connectivity index (χ0n) is 58.7. The number of pyridine rings is 5. The highest BCUT2D eigenvalue weighted by Crippen LogP contribution is 2.30. The largest absolute Gasteiger partial charge is 0.491 e. The number of nitrogens with one attached hydrogen (secondary N) is 8. The Morgan fingerprint density at radius 3 is 0.935 bits per heavy atom. The van der Waals surface area contributed by atoms with Crippen LogP contribution in [-0.4, -0.2) is 165 Å². The lowest BCUT2D eigenvalue weighted by Crippen LogP contribution is -2.34. The lowest BCUT2D eigenvalue weighted by Gasteiger charge is -2.12. The van der Waals surface area contributed by atoms with Crippen molar-refractivity contribution in [3.05, 3.63) is 214 Å². The number of methoxy groups -OCH3 is 5. The highest BCUT2D eigenvalue weighted by atomic mass is 32.2. The van der Waals surface area contributed by atoms with E-state index in [4.69, 9.17) is 23.7 Å². The van der Waals surface area contributed by atoms with Crippen LogP contribution >= 0.6 is 0 Å². The Bertz CT molecular complexity index is 5090. The van der Waals surface area contributed by atoms with E-state index < -0.39 is 26.1 Å². The van der Waals surface area contributed by atoms with Crippen molar-refractivity contribution >= 4 is 72.9 Å². The molecule has 0 aliphatic heterocycles. The van der Waals surface area contributed by atoms with Gasteiger partial charge in [-0.2, -0.15) is 0 Å². The molecule has 8 N–H and O–H groups in total. The maximum absolute atomic E-state index is 12.5.